The molecule has 1 aromatic rings. The van der Waals surface area contributed by atoms with E-state index in [1.165, 1.54) is 0 Å². The zero-order valence-corrected chi connectivity index (χ0v) is 13.2. The maximum absolute atomic E-state index is 13.0. The molecule has 2 heterocycles. The van der Waals surface area contributed by atoms with Crippen molar-refractivity contribution in [2.24, 2.45) is 5.10 Å². The summed E-state index contributed by atoms with van der Waals surface area (Å²) in [6.45, 7) is -0.347. The minimum absolute atomic E-state index is 0.0715. The normalized spacial score (nSPS) is 23.7. The van der Waals surface area contributed by atoms with E-state index in [9.17, 15) is 36.2 Å². The maximum atomic E-state index is 13.0. The fourth-order valence-corrected chi connectivity index (χ4v) is 2.70. The average molecular weight is 384 g/mol. The maximum Gasteiger partial charge on any atom is 0.438 e. The topological polar surface area (TPSA) is 70.7 Å². The molecule has 26 heavy (non-hydrogen) atoms. The minimum Gasteiger partial charge on any atom is -0.362 e. The van der Waals surface area contributed by atoms with E-state index in [-0.39, 0.29) is 17.5 Å². The van der Waals surface area contributed by atoms with Crippen molar-refractivity contribution < 1.29 is 36.2 Å². The Morgan fingerprint density at radius 2 is 1.92 bits per heavy atom. The summed E-state index contributed by atoms with van der Waals surface area (Å²) in [4.78, 5) is 12.1. The third-order valence-corrected chi connectivity index (χ3v) is 4.25. The quantitative estimate of drug-likeness (QED) is 0.812. The number of rotatable bonds is 4. The van der Waals surface area contributed by atoms with Gasteiger partial charge in [0.15, 0.2) is 5.69 Å². The van der Waals surface area contributed by atoms with E-state index in [0.29, 0.717) is 18.5 Å². The second-order valence-corrected chi connectivity index (χ2v) is 6.22. The molecule has 1 atom stereocenters. The van der Waals surface area contributed by atoms with Gasteiger partial charge in [0.2, 0.25) is 5.91 Å². The van der Waals surface area contributed by atoms with Crippen LogP contribution in [0.1, 0.15) is 43.0 Å². The SMILES string of the molecule is O=C(CCn1nc(C(F)(F)F)cc1C1CC1)N1N=CCC1(O)C(F)(F)F. The standard InChI is InChI=1S/C14H14F6N4O2/c15-13(16,17)10-7-9(8-1-2-8)23(22-10)6-3-11(25)24-12(26,4-5-21-24)14(18,19)20/h5,7-8,26H,1-4,6H2. The van der Waals surface area contributed by atoms with Gasteiger partial charge < -0.3 is 5.11 Å². The van der Waals surface area contributed by atoms with Gasteiger partial charge >= 0.3 is 12.4 Å². The van der Waals surface area contributed by atoms with Crippen LogP contribution in [0, 0.1) is 0 Å². The summed E-state index contributed by atoms with van der Waals surface area (Å²) in [5, 5.41) is 16.3. The Morgan fingerprint density at radius 3 is 2.46 bits per heavy atom. The minimum atomic E-state index is -5.12. The van der Waals surface area contributed by atoms with Crippen LogP contribution in [-0.4, -0.2) is 43.9 Å². The summed E-state index contributed by atoms with van der Waals surface area (Å²) in [7, 11) is 0. The van der Waals surface area contributed by atoms with Crippen LogP contribution in [0.2, 0.25) is 0 Å². The average Bonchev–Trinajstić information content (AvgIpc) is 3.12. The molecule has 3 rings (SSSR count). The van der Waals surface area contributed by atoms with Gasteiger partial charge in [0, 0.05) is 30.7 Å². The zero-order valence-electron chi connectivity index (χ0n) is 13.2. The highest BCUT2D eigenvalue weighted by atomic mass is 19.4. The van der Waals surface area contributed by atoms with E-state index in [0.717, 1.165) is 17.0 Å². The molecule has 0 spiro atoms. The highest BCUT2D eigenvalue weighted by molar-refractivity contribution is 5.80. The van der Waals surface area contributed by atoms with Gasteiger partial charge in [-0.15, -0.1) is 0 Å². The van der Waals surface area contributed by atoms with Crippen molar-refractivity contribution in [3.05, 3.63) is 17.5 Å². The molecule has 1 saturated carbocycles. The number of hydrazone groups is 1. The molecule has 1 aliphatic carbocycles. The lowest BCUT2D eigenvalue weighted by Crippen LogP contribution is -2.56. The molecule has 144 valence electrons. The fraction of sp³-hybridized carbons (Fsp3) is 0.643. The number of hydrogen-bond donors (Lipinski definition) is 1. The van der Waals surface area contributed by atoms with Gasteiger partial charge in [0.05, 0.1) is 6.54 Å². The highest BCUT2D eigenvalue weighted by Gasteiger charge is 2.61. The third-order valence-electron chi connectivity index (χ3n) is 4.25. The first-order valence-corrected chi connectivity index (χ1v) is 7.73. The van der Waals surface area contributed by atoms with Gasteiger partial charge in [0.1, 0.15) is 0 Å². The van der Waals surface area contributed by atoms with Crippen molar-refractivity contribution in [3.8, 4) is 0 Å². The second kappa shape index (κ2) is 5.96. The van der Waals surface area contributed by atoms with Gasteiger partial charge in [-0.25, -0.2) is 0 Å². The van der Waals surface area contributed by atoms with E-state index in [1.54, 1.807) is 0 Å². The summed E-state index contributed by atoms with van der Waals surface area (Å²) in [6, 6.07) is 0.891. The zero-order chi connectivity index (χ0) is 19.3. The van der Waals surface area contributed by atoms with E-state index in [2.05, 4.69) is 10.2 Å². The Bertz CT molecular complexity index is 737. The molecule has 1 fully saturated rings. The van der Waals surface area contributed by atoms with Gasteiger partial charge in [-0.3, -0.25) is 9.48 Å². The summed E-state index contributed by atoms with van der Waals surface area (Å²) >= 11 is 0. The number of carbonyl (C=O) groups excluding carboxylic acids is 1. The Kier molecular flexibility index (Phi) is 4.28. The van der Waals surface area contributed by atoms with Crippen molar-refractivity contribution in [2.75, 3.05) is 0 Å². The number of alkyl halides is 6. The lowest BCUT2D eigenvalue weighted by atomic mass is 10.1. The molecule has 6 nitrogen and oxygen atoms in total. The summed E-state index contributed by atoms with van der Waals surface area (Å²) in [5.41, 5.74) is -4.26. The van der Waals surface area contributed by atoms with E-state index in [4.69, 9.17) is 0 Å². The molecular weight excluding hydrogens is 370 g/mol. The van der Waals surface area contributed by atoms with Gasteiger partial charge in [-0.2, -0.15) is 41.6 Å². The number of aromatic nitrogens is 2. The number of halogens is 6. The second-order valence-electron chi connectivity index (χ2n) is 6.22. The van der Waals surface area contributed by atoms with E-state index >= 15 is 0 Å². The molecule has 0 saturated heterocycles. The van der Waals surface area contributed by atoms with Crippen LogP contribution in [-0.2, 0) is 17.5 Å². The number of carbonyl (C=O) groups is 1. The Hall–Kier alpha value is -2.11. The number of nitrogens with zero attached hydrogens (tertiary/aromatic N) is 4. The van der Waals surface area contributed by atoms with Crippen molar-refractivity contribution in [1.29, 1.82) is 0 Å². The van der Waals surface area contributed by atoms with Gasteiger partial charge in [-0.1, -0.05) is 0 Å². The highest BCUT2D eigenvalue weighted by Crippen LogP contribution is 2.42. The van der Waals surface area contributed by atoms with Crippen LogP contribution in [0.3, 0.4) is 0 Å². The molecule has 0 aromatic carbocycles. The molecule has 12 heteroatoms. The fourth-order valence-electron chi connectivity index (χ4n) is 2.70. The number of aryl methyl sites for hydroxylation is 1. The number of aliphatic hydroxyl groups is 1. The largest absolute Gasteiger partial charge is 0.438 e. The first kappa shape index (κ1) is 18.7. The number of hydrogen-bond acceptors (Lipinski definition) is 4. The predicted molar refractivity (Wildman–Crippen MR) is 74.8 cm³/mol. The molecule has 0 radical (unpaired) electrons. The lowest BCUT2D eigenvalue weighted by molar-refractivity contribution is -0.302. The molecular formula is C14H14F6N4O2. The lowest BCUT2D eigenvalue weighted by Gasteiger charge is -2.32. The Labute approximate surface area is 143 Å². The van der Waals surface area contributed by atoms with Crippen LogP contribution in [0.15, 0.2) is 11.2 Å². The van der Waals surface area contributed by atoms with E-state index in [1.807, 2.05) is 0 Å². The van der Waals surface area contributed by atoms with Crippen molar-refractivity contribution in [3.63, 3.8) is 0 Å². The van der Waals surface area contributed by atoms with Crippen molar-refractivity contribution in [1.82, 2.24) is 14.8 Å². The predicted octanol–water partition coefficient (Wildman–Crippen LogP) is 2.64. The Morgan fingerprint density at radius 1 is 1.27 bits per heavy atom. The molecule has 2 aliphatic rings. The van der Waals surface area contributed by atoms with Crippen molar-refractivity contribution >= 4 is 12.1 Å². The monoisotopic (exact) mass is 384 g/mol. The van der Waals surface area contributed by atoms with Crippen LogP contribution >= 0.6 is 0 Å². The molecule has 1 aliphatic heterocycles. The van der Waals surface area contributed by atoms with Crippen LogP contribution in [0.4, 0.5) is 26.3 Å². The summed E-state index contributed by atoms with van der Waals surface area (Å²) in [6.07, 6.45) is -9.15. The first-order valence-electron chi connectivity index (χ1n) is 7.73. The van der Waals surface area contributed by atoms with Crippen LogP contribution in [0.25, 0.3) is 0 Å². The summed E-state index contributed by atoms with van der Waals surface area (Å²) < 4.78 is 78.3. The number of amides is 1. The third kappa shape index (κ3) is 3.29. The van der Waals surface area contributed by atoms with Crippen LogP contribution < -0.4 is 0 Å². The van der Waals surface area contributed by atoms with Crippen molar-refractivity contribution in [2.45, 2.75) is 56.2 Å². The smallest absolute Gasteiger partial charge is 0.362 e. The molecule has 1 N–H and O–H groups in total. The summed E-state index contributed by atoms with van der Waals surface area (Å²) in [5.74, 6) is -1.27. The van der Waals surface area contributed by atoms with E-state index < -0.39 is 42.5 Å². The molecule has 1 amide bonds. The van der Waals surface area contributed by atoms with Crippen LogP contribution in [0.5, 0.6) is 0 Å². The molecule has 1 aromatic heterocycles. The molecule has 1 unspecified atom stereocenters. The molecule has 0 bridgehead atoms. The Balaban J connectivity index is 1.74. The first-order chi connectivity index (χ1) is 11.9. The van der Waals surface area contributed by atoms with Gasteiger partial charge in [0.25, 0.3) is 5.72 Å². The van der Waals surface area contributed by atoms with Gasteiger partial charge in [-0.05, 0) is 18.9 Å².